The van der Waals surface area contributed by atoms with Gasteiger partial charge in [0.25, 0.3) is 0 Å². The van der Waals surface area contributed by atoms with Crippen molar-refractivity contribution in [1.82, 2.24) is 14.8 Å². The first kappa shape index (κ1) is 22.7. The molecule has 2 aromatic heterocycles. The molecule has 0 aliphatic carbocycles. The van der Waals surface area contributed by atoms with Gasteiger partial charge in [-0.25, -0.2) is 14.5 Å². The van der Waals surface area contributed by atoms with Gasteiger partial charge < -0.3 is 10.1 Å². The van der Waals surface area contributed by atoms with Gasteiger partial charge in [0, 0.05) is 11.1 Å². The van der Waals surface area contributed by atoms with E-state index < -0.39 is 5.97 Å². The third-order valence-corrected chi connectivity index (χ3v) is 6.05. The van der Waals surface area contributed by atoms with Gasteiger partial charge >= 0.3 is 5.97 Å². The Morgan fingerprint density at radius 2 is 1.82 bits per heavy atom. The highest BCUT2D eigenvalue weighted by molar-refractivity contribution is 7.09. The highest BCUT2D eigenvalue weighted by Gasteiger charge is 2.23. The molecule has 7 nitrogen and oxygen atoms in total. The van der Waals surface area contributed by atoms with Crippen molar-refractivity contribution in [3.63, 3.8) is 0 Å². The van der Waals surface area contributed by atoms with E-state index in [0.29, 0.717) is 16.4 Å². The van der Waals surface area contributed by atoms with E-state index in [9.17, 15) is 9.59 Å². The molecule has 0 radical (unpaired) electrons. The topological polar surface area (TPSA) is 86.1 Å². The maximum absolute atomic E-state index is 12.7. The van der Waals surface area contributed by atoms with Gasteiger partial charge in [-0.15, -0.1) is 11.3 Å². The van der Waals surface area contributed by atoms with Gasteiger partial charge in [-0.2, -0.15) is 5.10 Å². The van der Waals surface area contributed by atoms with Crippen LogP contribution < -0.4 is 5.32 Å². The number of nitrogens with one attached hydrogen (secondary N) is 1. The Labute approximate surface area is 200 Å². The Bertz CT molecular complexity index is 1280. The van der Waals surface area contributed by atoms with Crippen molar-refractivity contribution in [2.24, 2.45) is 0 Å². The van der Waals surface area contributed by atoms with Crippen LogP contribution in [0.1, 0.15) is 32.3 Å². The fourth-order valence-corrected chi connectivity index (χ4v) is 4.29. The lowest BCUT2D eigenvalue weighted by Crippen LogP contribution is -2.14. The van der Waals surface area contributed by atoms with Crippen LogP contribution in [0.25, 0.3) is 5.69 Å². The zero-order valence-corrected chi connectivity index (χ0v) is 19.6. The Kier molecular flexibility index (Phi) is 6.86. The summed E-state index contributed by atoms with van der Waals surface area (Å²) in [6.07, 6.45) is 0.140. The first-order chi connectivity index (χ1) is 15.9. The van der Waals surface area contributed by atoms with Crippen molar-refractivity contribution in [1.29, 1.82) is 0 Å². The Hall–Kier alpha value is -3.49. The van der Waals surface area contributed by atoms with E-state index in [1.165, 1.54) is 16.0 Å². The maximum atomic E-state index is 12.7. The van der Waals surface area contributed by atoms with Crippen molar-refractivity contribution in [3.05, 3.63) is 92.7 Å². The van der Waals surface area contributed by atoms with Gasteiger partial charge in [0.15, 0.2) is 0 Å². The molecular weight excluding hydrogens is 460 g/mol. The van der Waals surface area contributed by atoms with Crippen LogP contribution in [0.2, 0.25) is 5.15 Å². The molecule has 0 fully saturated rings. The first-order valence-electron chi connectivity index (χ1n) is 10.2. The van der Waals surface area contributed by atoms with Crippen molar-refractivity contribution in [2.75, 3.05) is 5.32 Å². The average Bonchev–Trinajstić information content (AvgIpc) is 3.37. The number of carbonyl (C=O) groups excluding carboxylic acids is 2. The summed E-state index contributed by atoms with van der Waals surface area (Å²) in [5, 5.41) is 9.80. The second-order valence-corrected chi connectivity index (χ2v) is 8.70. The molecule has 0 spiro atoms. The monoisotopic (exact) mass is 480 g/mol. The van der Waals surface area contributed by atoms with E-state index in [0.717, 1.165) is 16.9 Å². The minimum atomic E-state index is -0.577. The Balaban J connectivity index is 1.35. The number of nitrogens with zero attached hydrogens (tertiary/aromatic N) is 3. The van der Waals surface area contributed by atoms with Crippen molar-refractivity contribution < 1.29 is 14.3 Å². The number of hydrogen-bond acceptors (Lipinski definition) is 6. The van der Waals surface area contributed by atoms with Gasteiger partial charge in [0.05, 0.1) is 23.5 Å². The standard InChI is InChI=1S/C24H21ClN4O3S/c1-15-8-10-17(11-9-15)26-20(30)12-21-27-18(14-33-21)13-32-24(31)22-16(2)28-29(23(22)25)19-6-4-3-5-7-19/h3-11,14H,12-13H2,1-2H3,(H,26,30). The zero-order chi connectivity index (χ0) is 23.4. The molecule has 0 saturated heterocycles. The molecule has 0 atom stereocenters. The number of benzene rings is 2. The summed E-state index contributed by atoms with van der Waals surface area (Å²) in [5.41, 5.74) is 3.86. The number of anilines is 1. The number of thiazole rings is 1. The number of halogens is 1. The smallest absolute Gasteiger partial charge is 0.343 e. The third kappa shape index (κ3) is 5.47. The van der Waals surface area contributed by atoms with Crippen LogP contribution in [0, 0.1) is 13.8 Å². The van der Waals surface area contributed by atoms with E-state index in [-0.39, 0.29) is 29.7 Å². The summed E-state index contributed by atoms with van der Waals surface area (Å²) >= 11 is 7.76. The van der Waals surface area contributed by atoms with Crippen LogP contribution in [0.4, 0.5) is 5.69 Å². The van der Waals surface area contributed by atoms with Crippen LogP contribution >= 0.6 is 22.9 Å². The molecule has 4 aromatic rings. The third-order valence-electron chi connectivity index (χ3n) is 4.81. The summed E-state index contributed by atoms with van der Waals surface area (Å²) in [7, 11) is 0. The van der Waals surface area contributed by atoms with E-state index in [2.05, 4.69) is 15.4 Å². The number of esters is 1. The minimum Gasteiger partial charge on any atom is -0.455 e. The Morgan fingerprint density at radius 1 is 1.09 bits per heavy atom. The van der Waals surface area contributed by atoms with Crippen LogP contribution in [0.3, 0.4) is 0 Å². The maximum Gasteiger partial charge on any atom is 0.343 e. The molecule has 0 bridgehead atoms. The molecule has 0 aliphatic rings. The van der Waals surface area contributed by atoms with Crippen molar-refractivity contribution in [2.45, 2.75) is 26.9 Å². The van der Waals surface area contributed by atoms with Gasteiger partial charge in [0.1, 0.15) is 22.3 Å². The summed E-state index contributed by atoms with van der Waals surface area (Å²) < 4.78 is 6.92. The predicted molar refractivity (Wildman–Crippen MR) is 128 cm³/mol. The van der Waals surface area contributed by atoms with Crippen LogP contribution in [0.15, 0.2) is 60.0 Å². The predicted octanol–water partition coefficient (Wildman–Crippen LogP) is 5.14. The van der Waals surface area contributed by atoms with Crippen molar-refractivity contribution in [3.8, 4) is 5.69 Å². The molecule has 1 amide bonds. The number of aromatic nitrogens is 3. The molecule has 9 heteroatoms. The summed E-state index contributed by atoms with van der Waals surface area (Å²) in [4.78, 5) is 29.3. The summed E-state index contributed by atoms with van der Waals surface area (Å²) in [6, 6.07) is 16.9. The van der Waals surface area contributed by atoms with E-state index in [1.807, 2.05) is 61.5 Å². The van der Waals surface area contributed by atoms with E-state index >= 15 is 0 Å². The quantitative estimate of drug-likeness (QED) is 0.370. The van der Waals surface area contributed by atoms with Gasteiger partial charge in [-0.1, -0.05) is 47.5 Å². The van der Waals surface area contributed by atoms with Gasteiger partial charge in [0.2, 0.25) is 5.91 Å². The normalized spacial score (nSPS) is 10.8. The minimum absolute atomic E-state index is 0.0266. The van der Waals surface area contributed by atoms with Crippen LogP contribution in [-0.4, -0.2) is 26.6 Å². The van der Waals surface area contributed by atoms with Crippen LogP contribution in [0.5, 0.6) is 0 Å². The number of para-hydroxylation sites is 1. The Morgan fingerprint density at radius 3 is 2.55 bits per heavy atom. The molecule has 4 rings (SSSR count). The lowest BCUT2D eigenvalue weighted by molar-refractivity contribution is -0.115. The van der Waals surface area contributed by atoms with Gasteiger partial charge in [-0.3, -0.25) is 4.79 Å². The fraction of sp³-hybridized carbons (Fsp3) is 0.167. The summed E-state index contributed by atoms with van der Waals surface area (Å²) in [5.74, 6) is -0.737. The number of aryl methyl sites for hydroxylation is 2. The first-order valence-corrected chi connectivity index (χ1v) is 11.4. The van der Waals surface area contributed by atoms with E-state index in [4.69, 9.17) is 16.3 Å². The lowest BCUT2D eigenvalue weighted by atomic mass is 10.2. The number of hydrogen-bond donors (Lipinski definition) is 1. The highest BCUT2D eigenvalue weighted by Crippen LogP contribution is 2.24. The second-order valence-electron chi connectivity index (χ2n) is 7.40. The molecule has 0 aliphatic heterocycles. The molecule has 2 heterocycles. The van der Waals surface area contributed by atoms with E-state index in [1.54, 1.807) is 12.3 Å². The molecule has 0 saturated carbocycles. The number of rotatable bonds is 7. The molecule has 33 heavy (non-hydrogen) atoms. The van der Waals surface area contributed by atoms with Crippen LogP contribution in [-0.2, 0) is 22.6 Å². The molecule has 2 aromatic carbocycles. The molecular formula is C24H21ClN4O3S. The zero-order valence-electron chi connectivity index (χ0n) is 18.0. The number of carbonyl (C=O) groups is 2. The molecule has 1 N–H and O–H groups in total. The number of ether oxygens (including phenoxy) is 1. The molecule has 168 valence electrons. The molecule has 0 unspecified atom stereocenters. The average molecular weight is 481 g/mol. The number of amides is 1. The van der Waals surface area contributed by atoms with Gasteiger partial charge in [-0.05, 0) is 38.1 Å². The fourth-order valence-electron chi connectivity index (χ4n) is 3.16. The second kappa shape index (κ2) is 9.97. The highest BCUT2D eigenvalue weighted by atomic mass is 35.5. The van der Waals surface area contributed by atoms with Crippen molar-refractivity contribution >= 4 is 40.5 Å². The largest absolute Gasteiger partial charge is 0.455 e. The SMILES string of the molecule is Cc1ccc(NC(=O)Cc2nc(COC(=O)c3c(C)nn(-c4ccccc4)c3Cl)cs2)cc1. The lowest BCUT2D eigenvalue weighted by Gasteiger charge is -2.05. The summed E-state index contributed by atoms with van der Waals surface area (Å²) in [6.45, 7) is 3.66.